The molecule has 2 aliphatic rings. The highest BCUT2D eigenvalue weighted by molar-refractivity contribution is 7.91. The summed E-state index contributed by atoms with van der Waals surface area (Å²) in [6, 6.07) is 6.12. The van der Waals surface area contributed by atoms with Crippen LogP contribution in [0.4, 0.5) is 10.2 Å². The number of carbonyl (C=O) groups excluding carboxylic acids is 1. The lowest BCUT2D eigenvalue weighted by atomic mass is 9.85. The van der Waals surface area contributed by atoms with Gasteiger partial charge in [0.25, 0.3) is 0 Å². The zero-order chi connectivity index (χ0) is 17.8. The van der Waals surface area contributed by atoms with Gasteiger partial charge in [-0.15, -0.1) is 0 Å². The molecule has 6 nitrogen and oxygen atoms in total. The van der Waals surface area contributed by atoms with E-state index in [1.165, 1.54) is 6.07 Å². The minimum atomic E-state index is -3.08. The Bertz CT molecular complexity index is 968. The van der Waals surface area contributed by atoms with Gasteiger partial charge in [-0.05, 0) is 25.0 Å². The van der Waals surface area contributed by atoms with E-state index in [-0.39, 0.29) is 35.7 Å². The van der Waals surface area contributed by atoms with Crippen LogP contribution in [0, 0.1) is 12.7 Å². The Morgan fingerprint density at radius 1 is 1.32 bits per heavy atom. The molecule has 1 amide bonds. The Morgan fingerprint density at radius 2 is 2.08 bits per heavy atom. The van der Waals surface area contributed by atoms with Crippen LogP contribution in [-0.4, -0.2) is 35.6 Å². The number of nitrogens with zero attached hydrogens (tertiary/aromatic N) is 2. The molecule has 1 N–H and O–H groups in total. The summed E-state index contributed by atoms with van der Waals surface area (Å²) in [5.41, 5.74) is 1.92. The average Bonchev–Trinajstić information content (AvgIpc) is 3.07. The number of aromatic nitrogens is 2. The lowest BCUT2D eigenvalue weighted by Gasteiger charge is -2.25. The second-order valence-corrected chi connectivity index (χ2v) is 8.90. The molecule has 4 rings (SSSR count). The Morgan fingerprint density at radius 3 is 2.76 bits per heavy atom. The Balaban J connectivity index is 1.83. The zero-order valence-corrected chi connectivity index (χ0v) is 14.5. The number of hydrogen-bond donors (Lipinski definition) is 1. The minimum Gasteiger partial charge on any atom is -0.311 e. The van der Waals surface area contributed by atoms with Crippen LogP contribution < -0.4 is 5.32 Å². The molecule has 132 valence electrons. The van der Waals surface area contributed by atoms with E-state index >= 15 is 0 Å². The second kappa shape index (κ2) is 5.66. The maximum atomic E-state index is 14.3. The van der Waals surface area contributed by atoms with Crippen molar-refractivity contribution < 1.29 is 17.6 Å². The summed E-state index contributed by atoms with van der Waals surface area (Å²) < 4.78 is 39.5. The Labute approximate surface area is 145 Å². The van der Waals surface area contributed by atoms with E-state index in [0.717, 1.165) is 5.56 Å². The van der Waals surface area contributed by atoms with Gasteiger partial charge < -0.3 is 5.32 Å². The normalized spacial score (nSPS) is 24.8. The van der Waals surface area contributed by atoms with Gasteiger partial charge in [0.15, 0.2) is 9.84 Å². The number of halogens is 1. The highest BCUT2D eigenvalue weighted by Crippen LogP contribution is 2.42. The molecule has 2 aliphatic heterocycles. The summed E-state index contributed by atoms with van der Waals surface area (Å²) >= 11 is 0. The molecule has 0 aliphatic carbocycles. The number of carbonyl (C=O) groups is 1. The smallest absolute Gasteiger partial charge is 0.226 e. The molecule has 25 heavy (non-hydrogen) atoms. The predicted molar refractivity (Wildman–Crippen MR) is 90.8 cm³/mol. The van der Waals surface area contributed by atoms with Gasteiger partial charge >= 0.3 is 0 Å². The van der Waals surface area contributed by atoms with Crippen molar-refractivity contribution in [3.63, 3.8) is 0 Å². The molecule has 0 radical (unpaired) electrons. The van der Waals surface area contributed by atoms with Crippen molar-refractivity contribution >= 4 is 21.6 Å². The van der Waals surface area contributed by atoms with Crippen molar-refractivity contribution in [1.82, 2.24) is 9.78 Å². The number of amides is 1. The first-order chi connectivity index (χ1) is 11.9. The number of anilines is 1. The molecule has 0 bridgehead atoms. The topological polar surface area (TPSA) is 81.1 Å². The first kappa shape index (κ1) is 16.3. The molecule has 8 heteroatoms. The highest BCUT2D eigenvalue weighted by atomic mass is 32.2. The molecular weight excluding hydrogens is 345 g/mol. The summed E-state index contributed by atoms with van der Waals surface area (Å²) in [5, 5.41) is 7.31. The molecule has 1 aromatic carbocycles. The van der Waals surface area contributed by atoms with Crippen LogP contribution >= 0.6 is 0 Å². The summed E-state index contributed by atoms with van der Waals surface area (Å²) in [7, 11) is -3.08. The van der Waals surface area contributed by atoms with E-state index in [2.05, 4.69) is 10.4 Å². The summed E-state index contributed by atoms with van der Waals surface area (Å²) in [4.78, 5) is 12.2. The molecule has 3 heterocycles. The van der Waals surface area contributed by atoms with E-state index in [0.29, 0.717) is 23.5 Å². The van der Waals surface area contributed by atoms with Crippen LogP contribution in [0.1, 0.15) is 41.6 Å². The molecular formula is C17H18FN3O3S. The van der Waals surface area contributed by atoms with Crippen molar-refractivity contribution in [3.05, 3.63) is 46.9 Å². The fourth-order valence-corrected chi connectivity index (χ4v) is 5.52. The van der Waals surface area contributed by atoms with Crippen LogP contribution in [-0.2, 0) is 14.6 Å². The van der Waals surface area contributed by atoms with Gasteiger partial charge in [-0.2, -0.15) is 5.10 Å². The third-order valence-corrected chi connectivity index (χ3v) is 6.71. The summed E-state index contributed by atoms with van der Waals surface area (Å²) in [6.07, 6.45) is 0.611. The zero-order valence-electron chi connectivity index (χ0n) is 13.7. The van der Waals surface area contributed by atoms with Gasteiger partial charge in [-0.25, -0.2) is 17.5 Å². The first-order valence-electron chi connectivity index (χ1n) is 8.19. The van der Waals surface area contributed by atoms with E-state index in [9.17, 15) is 17.6 Å². The first-order valence-corrected chi connectivity index (χ1v) is 10.0. The highest BCUT2D eigenvalue weighted by Gasteiger charge is 2.37. The van der Waals surface area contributed by atoms with Crippen LogP contribution in [0.15, 0.2) is 24.3 Å². The van der Waals surface area contributed by atoms with Crippen molar-refractivity contribution in [2.75, 3.05) is 16.8 Å². The number of nitrogens with one attached hydrogen (secondary N) is 1. The SMILES string of the molecule is Cc1nn([C@H]2CCS(=O)(=O)C2)c2c1[C@H](c1ccccc1F)CC(=O)N2. The average molecular weight is 363 g/mol. The van der Waals surface area contributed by atoms with Crippen LogP contribution in [0.25, 0.3) is 0 Å². The maximum Gasteiger partial charge on any atom is 0.226 e. The van der Waals surface area contributed by atoms with Crippen LogP contribution in [0.5, 0.6) is 0 Å². The van der Waals surface area contributed by atoms with E-state index < -0.39 is 15.8 Å². The lowest BCUT2D eigenvalue weighted by molar-refractivity contribution is -0.116. The molecule has 1 aromatic heterocycles. The minimum absolute atomic E-state index is 0.0147. The van der Waals surface area contributed by atoms with Gasteiger partial charge in [-0.1, -0.05) is 18.2 Å². The van der Waals surface area contributed by atoms with Crippen molar-refractivity contribution in [2.24, 2.45) is 0 Å². The molecule has 1 fully saturated rings. The van der Waals surface area contributed by atoms with Crippen molar-refractivity contribution in [2.45, 2.75) is 31.7 Å². The molecule has 2 atom stereocenters. The predicted octanol–water partition coefficient (Wildman–Crippen LogP) is 2.16. The lowest BCUT2D eigenvalue weighted by Crippen LogP contribution is -2.26. The number of rotatable bonds is 2. The van der Waals surface area contributed by atoms with Crippen LogP contribution in [0.2, 0.25) is 0 Å². The largest absolute Gasteiger partial charge is 0.311 e. The number of aryl methyl sites for hydroxylation is 1. The summed E-state index contributed by atoms with van der Waals surface area (Å²) in [5.74, 6) is -0.357. The Kier molecular flexibility index (Phi) is 3.68. The standard InChI is InChI=1S/C17H18FN3O3S/c1-10-16-13(12-4-2-3-5-14(12)18)8-15(22)19-17(16)21(20-10)11-6-7-25(23,24)9-11/h2-5,11,13H,6-9H2,1H3,(H,19,22)/t11-,13-/m0/s1. The van der Waals surface area contributed by atoms with E-state index in [4.69, 9.17) is 0 Å². The third-order valence-electron chi connectivity index (χ3n) is 4.96. The summed E-state index contributed by atoms with van der Waals surface area (Å²) in [6.45, 7) is 1.81. The number of fused-ring (bicyclic) bond motifs is 1. The van der Waals surface area contributed by atoms with Gasteiger partial charge in [0.05, 0.1) is 23.2 Å². The van der Waals surface area contributed by atoms with E-state index in [1.54, 1.807) is 22.9 Å². The fourth-order valence-electron chi connectivity index (χ4n) is 3.83. The Hall–Kier alpha value is -2.22. The molecule has 2 aromatic rings. The van der Waals surface area contributed by atoms with Crippen LogP contribution in [0.3, 0.4) is 0 Å². The van der Waals surface area contributed by atoms with Gasteiger partial charge in [0.2, 0.25) is 5.91 Å². The maximum absolute atomic E-state index is 14.3. The van der Waals surface area contributed by atoms with E-state index in [1.807, 2.05) is 6.92 Å². The monoisotopic (exact) mass is 363 g/mol. The molecule has 0 unspecified atom stereocenters. The van der Waals surface area contributed by atoms with Gasteiger partial charge in [-0.3, -0.25) is 4.79 Å². The number of sulfone groups is 1. The third kappa shape index (κ3) is 2.74. The molecule has 0 spiro atoms. The second-order valence-electron chi connectivity index (χ2n) is 6.68. The van der Waals surface area contributed by atoms with Gasteiger partial charge in [0, 0.05) is 17.9 Å². The quantitative estimate of drug-likeness (QED) is 0.887. The van der Waals surface area contributed by atoms with Gasteiger partial charge in [0.1, 0.15) is 11.6 Å². The van der Waals surface area contributed by atoms with Crippen molar-refractivity contribution in [3.8, 4) is 0 Å². The number of hydrogen-bond acceptors (Lipinski definition) is 4. The number of benzene rings is 1. The van der Waals surface area contributed by atoms with Crippen molar-refractivity contribution in [1.29, 1.82) is 0 Å². The molecule has 0 saturated carbocycles. The fraction of sp³-hybridized carbons (Fsp3) is 0.412. The molecule has 1 saturated heterocycles.